The van der Waals surface area contributed by atoms with Crippen LogP contribution in [0.4, 0.5) is 5.82 Å². The molecule has 0 saturated carbocycles. The molecule has 0 radical (unpaired) electrons. The number of likely N-dealkylation sites (N-methyl/N-ethyl adjacent to an activating group) is 1. The van der Waals surface area contributed by atoms with Crippen molar-refractivity contribution < 1.29 is 9.53 Å². The maximum atomic E-state index is 11.7. The number of hydrogen-bond donors (Lipinski definition) is 2. The van der Waals surface area contributed by atoms with E-state index >= 15 is 0 Å². The molecule has 35 heavy (non-hydrogen) atoms. The van der Waals surface area contributed by atoms with Crippen LogP contribution in [0.2, 0.25) is 5.02 Å². The molecule has 10 nitrogen and oxygen atoms in total. The molecule has 2 N–H and O–H groups in total. The van der Waals surface area contributed by atoms with E-state index in [-0.39, 0.29) is 11.8 Å². The predicted molar refractivity (Wildman–Crippen MR) is 136 cm³/mol. The van der Waals surface area contributed by atoms with Crippen LogP contribution in [0.25, 0.3) is 27.8 Å². The summed E-state index contributed by atoms with van der Waals surface area (Å²) >= 11 is 7.05. The van der Waals surface area contributed by atoms with Gasteiger partial charge in [0.25, 0.3) is 0 Å². The van der Waals surface area contributed by atoms with Crippen LogP contribution >= 0.6 is 11.6 Å². The molecule has 0 unspecified atom stereocenters. The number of carbonyl (C=O) groups is 1. The second kappa shape index (κ2) is 9.35. The Kier molecular flexibility index (Phi) is 6.24. The lowest BCUT2D eigenvalue weighted by atomic mass is 9.97. The second-order valence-corrected chi connectivity index (χ2v) is 9.39. The molecular formula is C24H29ClN8O2. The number of methoxy groups -OCH3 is 1. The summed E-state index contributed by atoms with van der Waals surface area (Å²) in [6.45, 7) is 7.78. The minimum atomic E-state index is 0.0261. The number of rotatable bonds is 6. The van der Waals surface area contributed by atoms with Gasteiger partial charge in [-0.05, 0) is 17.5 Å². The molecule has 0 aromatic carbocycles. The first-order valence-electron chi connectivity index (χ1n) is 11.7. The Morgan fingerprint density at radius 1 is 1.26 bits per heavy atom. The number of hydrogen-bond acceptors (Lipinski definition) is 7. The average Bonchev–Trinajstić information content (AvgIpc) is 3.49. The lowest BCUT2D eigenvalue weighted by Crippen LogP contribution is -2.49. The van der Waals surface area contributed by atoms with E-state index in [1.807, 2.05) is 18.5 Å². The maximum Gasteiger partial charge on any atom is 0.233 e. The van der Waals surface area contributed by atoms with Crippen LogP contribution in [0.5, 0.6) is 5.75 Å². The monoisotopic (exact) mass is 496 g/mol. The smallest absolute Gasteiger partial charge is 0.233 e. The summed E-state index contributed by atoms with van der Waals surface area (Å²) in [6, 6.07) is 1.97. The van der Waals surface area contributed by atoms with Crippen molar-refractivity contribution >= 4 is 39.9 Å². The van der Waals surface area contributed by atoms with Crippen molar-refractivity contribution in [1.29, 1.82) is 0 Å². The van der Waals surface area contributed by atoms with Crippen LogP contribution in [0, 0.1) is 0 Å². The third-order valence-electron chi connectivity index (χ3n) is 6.54. The molecule has 1 aliphatic heterocycles. The third-order valence-corrected chi connectivity index (χ3v) is 6.90. The molecular weight excluding hydrogens is 468 g/mol. The van der Waals surface area contributed by atoms with Crippen LogP contribution in [0.1, 0.15) is 25.3 Å². The lowest BCUT2D eigenvalue weighted by molar-refractivity contribution is -0.121. The van der Waals surface area contributed by atoms with E-state index < -0.39 is 0 Å². The maximum absolute atomic E-state index is 11.7. The number of amides is 1. The van der Waals surface area contributed by atoms with Gasteiger partial charge in [-0.25, -0.2) is 14.5 Å². The van der Waals surface area contributed by atoms with E-state index in [0.29, 0.717) is 23.0 Å². The van der Waals surface area contributed by atoms with Crippen LogP contribution in [-0.4, -0.2) is 82.3 Å². The van der Waals surface area contributed by atoms with Gasteiger partial charge in [0.1, 0.15) is 12.1 Å². The molecule has 1 amide bonds. The molecule has 0 spiro atoms. The molecule has 0 bridgehead atoms. The third kappa shape index (κ3) is 4.17. The van der Waals surface area contributed by atoms with Gasteiger partial charge in [-0.3, -0.25) is 9.69 Å². The Labute approximate surface area is 208 Å². The summed E-state index contributed by atoms with van der Waals surface area (Å²) in [6.07, 6.45) is 5.31. The second-order valence-electron chi connectivity index (χ2n) is 9.01. The number of nitrogens with one attached hydrogen (secondary N) is 2. The number of anilines is 1. The fourth-order valence-corrected chi connectivity index (χ4v) is 5.14. The van der Waals surface area contributed by atoms with Gasteiger partial charge in [-0.2, -0.15) is 5.10 Å². The predicted octanol–water partition coefficient (Wildman–Crippen LogP) is 2.93. The highest BCUT2D eigenvalue weighted by Gasteiger charge is 2.26. The highest BCUT2D eigenvalue weighted by molar-refractivity contribution is 6.38. The molecule has 4 aromatic heterocycles. The van der Waals surface area contributed by atoms with Gasteiger partial charge in [0, 0.05) is 50.4 Å². The van der Waals surface area contributed by atoms with Gasteiger partial charge >= 0.3 is 0 Å². The van der Waals surface area contributed by atoms with Crippen molar-refractivity contribution in [3.05, 3.63) is 35.4 Å². The lowest BCUT2D eigenvalue weighted by Gasteiger charge is -2.35. The van der Waals surface area contributed by atoms with Crippen molar-refractivity contribution in [3.63, 3.8) is 0 Å². The molecule has 4 aromatic rings. The van der Waals surface area contributed by atoms with Crippen molar-refractivity contribution in [2.45, 2.75) is 19.8 Å². The highest BCUT2D eigenvalue weighted by atomic mass is 35.5. The highest BCUT2D eigenvalue weighted by Crippen LogP contribution is 2.42. The first kappa shape index (κ1) is 23.4. The molecule has 5 rings (SSSR count). The summed E-state index contributed by atoms with van der Waals surface area (Å²) in [4.78, 5) is 28.6. The van der Waals surface area contributed by atoms with E-state index in [4.69, 9.17) is 21.3 Å². The number of nitrogens with zero attached hydrogens (tertiary/aromatic N) is 6. The van der Waals surface area contributed by atoms with Crippen molar-refractivity contribution in [2.24, 2.45) is 0 Å². The standard InChI is InChI=1S/C24H29ClN8O2/c1-14(2)19-20-16(30-22(19)15-9-17(35-4)23-28-13-29-33(23)11-15)10-27-24(21(20)25)32-7-5-31(6-8-32)12-18(34)26-3/h9-11,13-14,30H,5-8,12H2,1-4H3,(H,26,34). The number of aromatic amines is 1. The van der Waals surface area contributed by atoms with Crippen LogP contribution in [-0.2, 0) is 4.79 Å². The SMILES string of the molecule is CNC(=O)CN1CCN(c2ncc3[nH]c(-c4cc(OC)c5ncnn5c4)c(C(C)C)c3c2Cl)CC1. The number of ether oxygens (including phenoxy) is 1. The minimum absolute atomic E-state index is 0.0261. The zero-order valence-corrected chi connectivity index (χ0v) is 21.1. The number of halogens is 1. The molecule has 184 valence electrons. The van der Waals surface area contributed by atoms with E-state index in [1.54, 1.807) is 18.7 Å². The van der Waals surface area contributed by atoms with Gasteiger partial charge in [0.05, 0.1) is 36.1 Å². The first-order chi connectivity index (χ1) is 16.9. The van der Waals surface area contributed by atoms with Crippen molar-refractivity contribution in [1.82, 2.24) is 34.8 Å². The Morgan fingerprint density at radius 3 is 2.71 bits per heavy atom. The van der Waals surface area contributed by atoms with Crippen LogP contribution in [0.3, 0.4) is 0 Å². The van der Waals surface area contributed by atoms with Gasteiger partial charge in [0.15, 0.2) is 11.4 Å². The van der Waals surface area contributed by atoms with Crippen molar-refractivity contribution in [2.75, 3.05) is 51.8 Å². The summed E-state index contributed by atoms with van der Waals surface area (Å²) < 4.78 is 7.29. The molecule has 0 aliphatic carbocycles. The number of aromatic nitrogens is 5. The zero-order valence-electron chi connectivity index (χ0n) is 20.3. The van der Waals surface area contributed by atoms with Crippen LogP contribution in [0.15, 0.2) is 24.8 Å². The number of fused-ring (bicyclic) bond motifs is 2. The topological polar surface area (TPSA) is 104 Å². The minimum Gasteiger partial charge on any atom is -0.493 e. The zero-order chi connectivity index (χ0) is 24.7. The molecule has 5 heterocycles. The van der Waals surface area contributed by atoms with Crippen LogP contribution < -0.4 is 15.0 Å². The molecule has 1 fully saturated rings. The summed E-state index contributed by atoms with van der Waals surface area (Å²) in [5.74, 6) is 1.65. The first-order valence-corrected chi connectivity index (χ1v) is 12.0. The van der Waals surface area contributed by atoms with Gasteiger partial charge < -0.3 is 19.9 Å². The number of pyridine rings is 2. The Hall–Kier alpha value is -3.37. The molecule has 11 heteroatoms. The normalized spacial score (nSPS) is 14.9. The fraction of sp³-hybridized carbons (Fsp3) is 0.417. The summed E-state index contributed by atoms with van der Waals surface area (Å²) in [5, 5.41) is 8.61. The van der Waals surface area contributed by atoms with E-state index in [1.165, 1.54) is 6.33 Å². The van der Waals surface area contributed by atoms with E-state index in [0.717, 1.165) is 59.7 Å². The van der Waals surface area contributed by atoms with Crippen molar-refractivity contribution in [3.8, 4) is 17.0 Å². The number of piperazine rings is 1. The Morgan fingerprint density at radius 2 is 2.03 bits per heavy atom. The van der Waals surface area contributed by atoms with E-state index in [9.17, 15) is 4.79 Å². The van der Waals surface area contributed by atoms with Gasteiger partial charge in [-0.15, -0.1) is 0 Å². The number of carbonyl (C=O) groups excluding carboxylic acids is 1. The van der Waals surface area contributed by atoms with E-state index in [2.05, 4.69) is 44.0 Å². The fourth-order valence-electron chi connectivity index (χ4n) is 4.77. The quantitative estimate of drug-likeness (QED) is 0.423. The number of H-pyrrole nitrogens is 1. The molecule has 1 saturated heterocycles. The summed E-state index contributed by atoms with van der Waals surface area (Å²) in [7, 11) is 3.29. The summed E-state index contributed by atoms with van der Waals surface area (Å²) in [5.41, 5.74) is 4.56. The largest absolute Gasteiger partial charge is 0.493 e. The van der Waals surface area contributed by atoms with Gasteiger partial charge in [0.2, 0.25) is 5.91 Å². The molecule has 1 aliphatic rings. The van der Waals surface area contributed by atoms with Gasteiger partial charge in [-0.1, -0.05) is 25.4 Å². The Balaban J connectivity index is 1.54. The average molecular weight is 497 g/mol. The molecule has 0 atom stereocenters. The Bertz CT molecular complexity index is 1390.